The highest BCUT2D eigenvalue weighted by molar-refractivity contribution is 9.10. The molecule has 0 saturated heterocycles. The van der Waals surface area contributed by atoms with E-state index in [-0.39, 0.29) is 5.78 Å². The third-order valence-corrected chi connectivity index (χ3v) is 3.75. The van der Waals surface area contributed by atoms with Crippen molar-refractivity contribution in [2.45, 2.75) is 13.3 Å². The number of Topliss-reactive ketones (excluding diaryl/α,β-unsaturated/α-hetero) is 1. The minimum absolute atomic E-state index is 0.145. The van der Waals surface area contributed by atoms with Gasteiger partial charge in [0.2, 0.25) is 0 Å². The molecule has 0 radical (unpaired) electrons. The Morgan fingerprint density at radius 1 is 1.06 bits per heavy atom. The summed E-state index contributed by atoms with van der Waals surface area (Å²) in [4.78, 5) is 12.2. The van der Waals surface area contributed by atoms with Gasteiger partial charge in [-0.25, -0.2) is 0 Å². The zero-order valence-corrected chi connectivity index (χ0v) is 11.2. The van der Waals surface area contributed by atoms with Gasteiger partial charge in [0.05, 0.1) is 0 Å². The highest BCUT2D eigenvalue weighted by Crippen LogP contribution is 2.22. The second-order valence-electron chi connectivity index (χ2n) is 4.02. The van der Waals surface area contributed by atoms with Gasteiger partial charge in [-0.05, 0) is 34.0 Å². The smallest absolute Gasteiger partial charge is 0.168 e. The van der Waals surface area contributed by atoms with Crippen LogP contribution in [-0.2, 0) is 6.42 Å². The largest absolute Gasteiger partial charge is 0.294 e. The molecule has 2 aromatic carbocycles. The molecule has 0 atom stereocenters. The fourth-order valence-corrected chi connectivity index (χ4v) is 2.22. The van der Waals surface area contributed by atoms with Crippen molar-refractivity contribution in [3.8, 4) is 0 Å². The van der Waals surface area contributed by atoms with Gasteiger partial charge in [-0.15, -0.1) is 0 Å². The summed E-state index contributed by atoms with van der Waals surface area (Å²) in [6, 6.07) is 15.6. The topological polar surface area (TPSA) is 17.1 Å². The minimum atomic E-state index is 0.145. The molecule has 1 nitrogen and oxygen atoms in total. The molecule has 0 aliphatic rings. The van der Waals surface area contributed by atoms with E-state index < -0.39 is 0 Å². The Morgan fingerprint density at radius 3 is 2.47 bits per heavy atom. The maximum atomic E-state index is 12.2. The SMILES string of the molecule is Cc1cccc(C(=O)Cc2ccccc2)c1Br. The van der Waals surface area contributed by atoms with Crippen molar-refractivity contribution in [2.24, 2.45) is 0 Å². The van der Waals surface area contributed by atoms with Gasteiger partial charge in [0.1, 0.15) is 0 Å². The summed E-state index contributed by atoms with van der Waals surface area (Å²) in [6.45, 7) is 1.99. The van der Waals surface area contributed by atoms with Crippen LogP contribution in [0.1, 0.15) is 21.5 Å². The van der Waals surface area contributed by atoms with Gasteiger partial charge in [-0.3, -0.25) is 4.79 Å². The van der Waals surface area contributed by atoms with Crippen LogP contribution in [0, 0.1) is 6.92 Å². The average molecular weight is 289 g/mol. The molecule has 17 heavy (non-hydrogen) atoms. The van der Waals surface area contributed by atoms with E-state index in [0.717, 1.165) is 21.2 Å². The number of ketones is 1. The predicted molar refractivity (Wildman–Crippen MR) is 73.4 cm³/mol. The minimum Gasteiger partial charge on any atom is -0.294 e. The van der Waals surface area contributed by atoms with E-state index in [1.165, 1.54) is 0 Å². The lowest BCUT2D eigenvalue weighted by molar-refractivity contribution is 0.0992. The molecule has 86 valence electrons. The van der Waals surface area contributed by atoms with Crippen LogP contribution in [0.3, 0.4) is 0 Å². The van der Waals surface area contributed by atoms with E-state index in [4.69, 9.17) is 0 Å². The van der Waals surface area contributed by atoms with Gasteiger partial charge in [0.15, 0.2) is 5.78 Å². The van der Waals surface area contributed by atoms with Crippen molar-refractivity contribution in [1.82, 2.24) is 0 Å². The molecule has 2 rings (SSSR count). The monoisotopic (exact) mass is 288 g/mol. The summed E-state index contributed by atoms with van der Waals surface area (Å²) in [7, 11) is 0. The van der Waals surface area contributed by atoms with Crippen LogP contribution < -0.4 is 0 Å². The number of benzene rings is 2. The first kappa shape index (κ1) is 12.1. The van der Waals surface area contributed by atoms with Crippen molar-refractivity contribution in [3.05, 3.63) is 69.7 Å². The average Bonchev–Trinajstić information content (AvgIpc) is 2.34. The summed E-state index contributed by atoms with van der Waals surface area (Å²) >= 11 is 3.47. The van der Waals surface area contributed by atoms with Crippen LogP contribution in [0.5, 0.6) is 0 Å². The lowest BCUT2D eigenvalue weighted by atomic mass is 10.0. The molecule has 2 heteroatoms. The molecule has 0 heterocycles. The van der Waals surface area contributed by atoms with Crippen LogP contribution in [0.2, 0.25) is 0 Å². The summed E-state index contributed by atoms with van der Waals surface area (Å²) in [6.07, 6.45) is 0.447. The fourth-order valence-electron chi connectivity index (χ4n) is 1.74. The second kappa shape index (κ2) is 5.28. The Labute approximate surface area is 110 Å². The van der Waals surface area contributed by atoms with E-state index in [2.05, 4.69) is 15.9 Å². The Morgan fingerprint density at radius 2 is 1.76 bits per heavy atom. The van der Waals surface area contributed by atoms with Crippen LogP contribution in [-0.4, -0.2) is 5.78 Å². The normalized spacial score (nSPS) is 10.2. The first-order valence-corrected chi connectivity index (χ1v) is 6.30. The number of aryl methyl sites for hydroxylation is 1. The molecule has 0 unspecified atom stereocenters. The molecule has 0 aliphatic heterocycles. The van der Waals surface area contributed by atoms with E-state index in [9.17, 15) is 4.79 Å². The molecule has 0 spiro atoms. The number of carbonyl (C=O) groups excluding carboxylic acids is 1. The van der Waals surface area contributed by atoms with Crippen molar-refractivity contribution in [2.75, 3.05) is 0 Å². The maximum Gasteiger partial charge on any atom is 0.168 e. The lowest BCUT2D eigenvalue weighted by Gasteiger charge is -2.06. The predicted octanol–water partition coefficient (Wildman–Crippen LogP) is 4.18. The van der Waals surface area contributed by atoms with Crippen molar-refractivity contribution >= 4 is 21.7 Å². The number of halogens is 1. The molecule has 0 aromatic heterocycles. The van der Waals surface area contributed by atoms with Crippen molar-refractivity contribution in [3.63, 3.8) is 0 Å². The second-order valence-corrected chi connectivity index (χ2v) is 4.82. The van der Waals surface area contributed by atoms with Gasteiger partial charge in [0, 0.05) is 16.5 Å². The van der Waals surface area contributed by atoms with Crippen molar-refractivity contribution < 1.29 is 4.79 Å². The third kappa shape index (κ3) is 2.83. The van der Waals surface area contributed by atoms with Crippen LogP contribution in [0.15, 0.2) is 53.0 Å². The number of hydrogen-bond donors (Lipinski definition) is 0. The molecular formula is C15H13BrO. The first-order chi connectivity index (χ1) is 8.18. The van der Waals surface area contributed by atoms with Gasteiger partial charge < -0.3 is 0 Å². The Kier molecular flexibility index (Phi) is 3.75. The first-order valence-electron chi connectivity index (χ1n) is 5.50. The Balaban J connectivity index is 2.24. The standard InChI is InChI=1S/C15H13BrO/c1-11-6-5-9-13(15(11)16)14(17)10-12-7-3-2-4-8-12/h2-9H,10H2,1H3. The summed E-state index contributed by atoms with van der Waals surface area (Å²) < 4.78 is 0.904. The van der Waals surface area contributed by atoms with E-state index in [1.807, 2.05) is 55.5 Å². The van der Waals surface area contributed by atoms with E-state index >= 15 is 0 Å². The fraction of sp³-hybridized carbons (Fsp3) is 0.133. The maximum absolute atomic E-state index is 12.2. The quantitative estimate of drug-likeness (QED) is 0.775. The third-order valence-electron chi connectivity index (χ3n) is 2.70. The number of carbonyl (C=O) groups is 1. The summed E-state index contributed by atoms with van der Waals surface area (Å²) in [5.41, 5.74) is 2.89. The van der Waals surface area contributed by atoms with Gasteiger partial charge in [-0.2, -0.15) is 0 Å². The molecule has 0 bridgehead atoms. The molecule has 0 amide bonds. The summed E-state index contributed by atoms with van der Waals surface area (Å²) in [5, 5.41) is 0. The zero-order valence-electron chi connectivity index (χ0n) is 9.61. The molecule has 0 N–H and O–H groups in total. The highest BCUT2D eigenvalue weighted by atomic mass is 79.9. The van der Waals surface area contributed by atoms with E-state index in [1.54, 1.807) is 0 Å². The Hall–Kier alpha value is -1.41. The molecule has 2 aromatic rings. The number of hydrogen-bond acceptors (Lipinski definition) is 1. The van der Waals surface area contributed by atoms with Crippen molar-refractivity contribution in [1.29, 1.82) is 0 Å². The van der Waals surface area contributed by atoms with Crippen LogP contribution >= 0.6 is 15.9 Å². The van der Waals surface area contributed by atoms with Crippen LogP contribution in [0.25, 0.3) is 0 Å². The van der Waals surface area contributed by atoms with Gasteiger partial charge in [-0.1, -0.05) is 48.5 Å². The van der Waals surface area contributed by atoms with Crippen LogP contribution in [0.4, 0.5) is 0 Å². The zero-order chi connectivity index (χ0) is 12.3. The highest BCUT2D eigenvalue weighted by Gasteiger charge is 2.11. The van der Waals surface area contributed by atoms with Gasteiger partial charge >= 0.3 is 0 Å². The summed E-state index contributed by atoms with van der Waals surface area (Å²) in [5.74, 6) is 0.145. The van der Waals surface area contributed by atoms with Gasteiger partial charge in [0.25, 0.3) is 0 Å². The Bertz CT molecular complexity index is 532. The molecule has 0 aliphatic carbocycles. The molecular weight excluding hydrogens is 276 g/mol. The lowest BCUT2D eigenvalue weighted by Crippen LogP contribution is -2.05. The molecule has 0 fully saturated rings. The molecule has 0 saturated carbocycles. The number of rotatable bonds is 3. The van der Waals surface area contributed by atoms with E-state index in [0.29, 0.717) is 6.42 Å².